The Labute approximate surface area is 274 Å². The first kappa shape index (κ1) is 31.1. The largest absolute Gasteiger partial charge is 0.507 e. The van der Waals surface area contributed by atoms with Crippen LogP contribution in [0, 0.1) is 32.1 Å². The summed E-state index contributed by atoms with van der Waals surface area (Å²) < 4.78 is 29.4. The number of rotatable bonds is 7. The molecule has 5 atom stereocenters. The fourth-order valence-electron chi connectivity index (χ4n) is 8.09. The lowest BCUT2D eigenvalue weighted by Crippen LogP contribution is -2.68. The van der Waals surface area contributed by atoms with E-state index in [-0.39, 0.29) is 44.1 Å². The van der Waals surface area contributed by atoms with Crippen LogP contribution < -0.4 is 14.2 Å². The van der Waals surface area contributed by atoms with Crippen LogP contribution in [0.25, 0.3) is 6.08 Å². The number of methoxy groups -OCH3 is 1. The highest BCUT2D eigenvalue weighted by atomic mass is 16.7. The van der Waals surface area contributed by atoms with Crippen molar-refractivity contribution >= 4 is 12.0 Å². The highest BCUT2D eigenvalue weighted by Crippen LogP contribution is 2.57. The number of nitrogens with zero attached hydrogens (tertiary/aromatic N) is 3. The fourth-order valence-corrected chi connectivity index (χ4v) is 8.09. The molecule has 1 N–H and O–H groups in total. The van der Waals surface area contributed by atoms with E-state index in [2.05, 4.69) is 42.8 Å². The minimum Gasteiger partial charge on any atom is -0.507 e. The molecule has 4 aliphatic heterocycles. The third kappa shape index (κ3) is 5.01. The van der Waals surface area contributed by atoms with E-state index in [1.54, 1.807) is 13.2 Å². The minimum absolute atomic E-state index is 0.0175. The molecule has 0 radical (unpaired) electrons. The van der Waals surface area contributed by atoms with Gasteiger partial charge in [0, 0.05) is 47.5 Å². The Bertz CT molecular complexity index is 1800. The number of phenolic OH excluding ortho intramolecular Hbond substituents is 1. The summed E-state index contributed by atoms with van der Waals surface area (Å²) in [6.07, 6.45) is 4.21. The number of esters is 1. The number of nitriles is 1. The van der Waals surface area contributed by atoms with Gasteiger partial charge >= 0.3 is 5.97 Å². The molecule has 47 heavy (non-hydrogen) atoms. The number of ether oxygens (including phenoxy) is 5. The van der Waals surface area contributed by atoms with Crippen molar-refractivity contribution in [1.29, 1.82) is 5.26 Å². The van der Waals surface area contributed by atoms with E-state index in [1.807, 2.05) is 37.3 Å². The summed E-state index contributed by atoms with van der Waals surface area (Å²) in [4.78, 5) is 17.6. The number of piperazine rings is 1. The monoisotopic (exact) mass is 637 g/mol. The van der Waals surface area contributed by atoms with Crippen LogP contribution in [-0.2, 0) is 27.1 Å². The van der Waals surface area contributed by atoms with Crippen molar-refractivity contribution in [2.24, 2.45) is 0 Å². The van der Waals surface area contributed by atoms with Crippen LogP contribution in [0.5, 0.6) is 23.0 Å². The smallest absolute Gasteiger partial charge is 0.330 e. The zero-order valence-corrected chi connectivity index (χ0v) is 27.3. The van der Waals surface area contributed by atoms with Gasteiger partial charge in [-0.25, -0.2) is 4.79 Å². The van der Waals surface area contributed by atoms with Crippen molar-refractivity contribution in [1.82, 2.24) is 9.80 Å². The van der Waals surface area contributed by atoms with Crippen molar-refractivity contribution in [3.63, 3.8) is 0 Å². The van der Waals surface area contributed by atoms with Crippen molar-refractivity contribution in [2.75, 3.05) is 34.4 Å². The van der Waals surface area contributed by atoms with Crippen LogP contribution in [0.3, 0.4) is 0 Å². The average molecular weight is 638 g/mol. The van der Waals surface area contributed by atoms with Gasteiger partial charge in [-0.3, -0.25) is 9.80 Å². The molecule has 3 aromatic carbocycles. The highest BCUT2D eigenvalue weighted by Gasteiger charge is 2.56. The van der Waals surface area contributed by atoms with E-state index >= 15 is 0 Å². The number of hydrogen-bond donors (Lipinski definition) is 1. The molecule has 0 aromatic heterocycles. The molecule has 244 valence electrons. The molecule has 2 bridgehead atoms. The van der Waals surface area contributed by atoms with Gasteiger partial charge in [-0.15, -0.1) is 0 Å². The first-order chi connectivity index (χ1) is 22.7. The summed E-state index contributed by atoms with van der Waals surface area (Å²) in [6.45, 7) is 6.03. The van der Waals surface area contributed by atoms with Gasteiger partial charge in [0.2, 0.25) is 6.79 Å². The molecular formula is C37H39N3O7. The summed E-state index contributed by atoms with van der Waals surface area (Å²) in [7, 11) is 3.67. The van der Waals surface area contributed by atoms with Crippen molar-refractivity contribution in [3.05, 3.63) is 87.0 Å². The summed E-state index contributed by atoms with van der Waals surface area (Å²) >= 11 is 0. The Hall–Kier alpha value is -4.56. The van der Waals surface area contributed by atoms with Crippen LogP contribution in [0.4, 0.5) is 0 Å². The Morgan fingerprint density at radius 1 is 1.09 bits per heavy atom. The number of carbonyl (C=O) groups is 1. The summed E-state index contributed by atoms with van der Waals surface area (Å²) in [5, 5.41) is 22.5. The summed E-state index contributed by atoms with van der Waals surface area (Å²) in [6, 6.07) is 12.7. The lowest BCUT2D eigenvalue weighted by Gasteiger charge is -2.60. The second-order valence-electron chi connectivity index (χ2n) is 12.8. The fraction of sp³-hybridized carbons (Fsp3) is 0.405. The highest BCUT2D eigenvalue weighted by molar-refractivity contribution is 5.87. The molecule has 4 aliphatic rings. The second kappa shape index (κ2) is 12.2. The maximum absolute atomic E-state index is 13.1. The van der Waals surface area contributed by atoms with Crippen molar-refractivity contribution in [2.45, 2.75) is 63.8 Å². The third-order valence-corrected chi connectivity index (χ3v) is 10.4. The Morgan fingerprint density at radius 2 is 1.85 bits per heavy atom. The number of aryl methyl sites for hydroxylation is 1. The van der Waals surface area contributed by atoms with Gasteiger partial charge in [-0.2, -0.15) is 5.26 Å². The van der Waals surface area contributed by atoms with Gasteiger partial charge < -0.3 is 28.8 Å². The zero-order valence-electron chi connectivity index (χ0n) is 27.3. The van der Waals surface area contributed by atoms with Crippen LogP contribution in [-0.4, -0.2) is 73.4 Å². The van der Waals surface area contributed by atoms with Gasteiger partial charge in [0.05, 0.1) is 18.2 Å². The number of phenols is 1. The minimum atomic E-state index is -0.584. The maximum atomic E-state index is 13.1. The van der Waals surface area contributed by atoms with E-state index in [0.717, 1.165) is 33.6 Å². The number of carbonyl (C=O) groups excluding carboxylic acids is 1. The first-order valence-electron chi connectivity index (χ1n) is 15.9. The molecule has 1 fully saturated rings. The van der Waals surface area contributed by atoms with Gasteiger partial charge in [0.25, 0.3) is 0 Å². The topological polar surface area (TPSA) is 114 Å². The second-order valence-corrected chi connectivity index (χ2v) is 12.8. The summed E-state index contributed by atoms with van der Waals surface area (Å²) in [5.41, 5.74) is 7.27. The van der Waals surface area contributed by atoms with E-state index in [9.17, 15) is 15.2 Å². The molecule has 10 nitrogen and oxygen atoms in total. The first-order valence-corrected chi connectivity index (χ1v) is 15.9. The van der Waals surface area contributed by atoms with E-state index < -0.39 is 18.1 Å². The van der Waals surface area contributed by atoms with E-state index in [1.165, 1.54) is 6.08 Å². The number of fused-ring (bicyclic) bond motifs is 9. The molecule has 0 spiro atoms. The maximum Gasteiger partial charge on any atom is 0.330 e. The Morgan fingerprint density at radius 3 is 2.60 bits per heavy atom. The molecule has 1 unspecified atom stereocenters. The van der Waals surface area contributed by atoms with Crippen LogP contribution in [0.1, 0.15) is 56.6 Å². The lowest BCUT2D eigenvalue weighted by atomic mass is 9.71. The Balaban J connectivity index is 1.36. The molecule has 1 saturated heterocycles. The van der Waals surface area contributed by atoms with Gasteiger partial charge in [-0.1, -0.05) is 36.4 Å². The SMILES string of the molecule is COCOc1c(C)c(C)cc2c1[C@@H]1C3Cc4c(O)c(C)c5c(c4[C@H](COC(=O)/C=C/c4ccccc4)N3[C@@H](C#N)[C@H](C2)N1C)OCO5. The normalized spacial score (nSPS) is 24.3. The summed E-state index contributed by atoms with van der Waals surface area (Å²) in [5.74, 6) is 1.44. The van der Waals surface area contributed by atoms with Crippen LogP contribution >= 0.6 is 0 Å². The number of likely N-dealkylation sites (N-methyl/N-ethyl adjacent to an activating group) is 1. The van der Waals surface area contributed by atoms with Crippen molar-refractivity contribution in [3.8, 4) is 29.1 Å². The predicted octanol–water partition coefficient (Wildman–Crippen LogP) is 5.06. The van der Waals surface area contributed by atoms with Gasteiger partial charge in [0.15, 0.2) is 18.3 Å². The number of aromatic hydroxyl groups is 1. The van der Waals surface area contributed by atoms with E-state index in [4.69, 9.17) is 23.7 Å². The number of hydrogen-bond acceptors (Lipinski definition) is 10. The van der Waals surface area contributed by atoms with E-state index in [0.29, 0.717) is 41.0 Å². The molecular weight excluding hydrogens is 598 g/mol. The predicted molar refractivity (Wildman–Crippen MR) is 173 cm³/mol. The van der Waals surface area contributed by atoms with Crippen LogP contribution in [0.15, 0.2) is 42.5 Å². The average Bonchev–Trinajstić information content (AvgIpc) is 3.56. The molecule has 0 saturated carbocycles. The Kier molecular flexibility index (Phi) is 8.08. The number of benzene rings is 3. The molecule has 7 rings (SSSR count). The van der Waals surface area contributed by atoms with Gasteiger partial charge in [0.1, 0.15) is 24.1 Å². The molecule has 10 heteroatoms. The standard InChI is InChI=1S/C37H39N3O7/c1-20-13-24-14-26-28(16-38)40-27(33(39(26)4)31(24)35(21(20)2)45-18-43-5)15-25-32(37-36(46-19-47-37)22(3)34(25)42)29(40)17-44-30(41)12-11-23-9-7-6-8-10-23/h6-13,26-29,33,42H,14-15,17-19H2,1-5H3/b12-11+/t26-,27?,28-,29-,33-/m0/s1. The molecule has 0 amide bonds. The van der Waals surface area contributed by atoms with Crippen LogP contribution in [0.2, 0.25) is 0 Å². The quantitative estimate of drug-likeness (QED) is 0.214. The third-order valence-electron chi connectivity index (χ3n) is 10.4. The van der Waals surface area contributed by atoms with Gasteiger partial charge in [-0.05, 0) is 69.0 Å². The molecule has 4 heterocycles. The molecule has 3 aromatic rings. The van der Waals surface area contributed by atoms with Crippen molar-refractivity contribution < 1.29 is 33.6 Å². The zero-order chi connectivity index (χ0) is 33.0. The lowest BCUT2D eigenvalue weighted by molar-refractivity contribution is -0.143. The molecule has 0 aliphatic carbocycles.